The summed E-state index contributed by atoms with van der Waals surface area (Å²) in [5, 5.41) is 34.8. The molecule has 0 spiro atoms. The van der Waals surface area contributed by atoms with Crippen LogP contribution >= 0.6 is 7.82 Å². The molecule has 0 radical (unpaired) electrons. The molecule has 0 aromatic carbocycles. The Morgan fingerprint density at radius 3 is 2.16 bits per heavy atom. The van der Waals surface area contributed by atoms with Crippen LogP contribution in [0.25, 0.3) is 0 Å². The molecule has 4 saturated carbocycles. The molecule has 1 heterocycles. The normalized spacial score (nSPS) is 50.8. The quantitative estimate of drug-likeness (QED) is 0.155. The van der Waals surface area contributed by atoms with Gasteiger partial charge in [-0.3, -0.25) is 9.12 Å². The van der Waals surface area contributed by atoms with Gasteiger partial charge in [-0.25, -0.2) is 4.18 Å². The second-order valence-corrected chi connectivity index (χ2v) is 17.6. The van der Waals surface area contributed by atoms with Crippen LogP contribution in [0, 0.1) is 58.2 Å². The number of aliphatic hydroxyl groups excluding tert-OH is 3. The van der Waals surface area contributed by atoms with Crippen molar-refractivity contribution in [2.75, 3.05) is 7.11 Å². The molecule has 44 heavy (non-hydrogen) atoms. The number of ether oxygens (including phenoxy) is 1. The van der Waals surface area contributed by atoms with E-state index >= 15 is 0 Å². The number of phosphoric ester groups is 1. The summed E-state index contributed by atoms with van der Waals surface area (Å²) >= 11 is 0. The second-order valence-electron chi connectivity index (χ2n) is 15.0. The second kappa shape index (κ2) is 12.9. The van der Waals surface area contributed by atoms with E-state index in [0.717, 1.165) is 13.5 Å². The van der Waals surface area contributed by atoms with E-state index in [1.807, 2.05) is 6.92 Å². The third-order valence-corrected chi connectivity index (χ3v) is 14.2. The van der Waals surface area contributed by atoms with E-state index in [9.17, 15) is 37.7 Å². The number of hydrogen-bond acceptors (Lipinski definition) is 11. The number of rotatable bonds is 7. The molecule has 4 N–H and O–H groups in total. The standard InChI is InChI=1S/C29H51O12PS.Na/c1-13(2)15(4)18-12-14(3)20-26(39-18)27(40-42(33,34)38-7)21-19-16(8-10-29(20,21)6)28(5)11-9-17(41-43(35,36)37)23(30)22(28)25(32)24(19)31;/h13-27,30-32H,8-12H2,1-7H3,(H,33,34)(H,35,36,37);/q;+1/p-1/t14-,15+,16+,17-,18-,19-,20+,21-,22-,23+,24-,25+,26+,27+,28-,29-;/m1./s1. The minimum Gasteiger partial charge on any atom is -0.756 e. The van der Waals surface area contributed by atoms with E-state index in [1.54, 1.807) is 0 Å². The number of hydrogen-bond donors (Lipinski definition) is 4. The summed E-state index contributed by atoms with van der Waals surface area (Å²) in [4.78, 5) is 12.9. The van der Waals surface area contributed by atoms with Crippen LogP contribution in [-0.2, 0) is 32.9 Å². The maximum absolute atomic E-state index is 12.9. The first-order chi connectivity index (χ1) is 19.8. The third kappa shape index (κ3) is 6.21. The van der Waals surface area contributed by atoms with Crippen LogP contribution in [0.2, 0.25) is 0 Å². The van der Waals surface area contributed by atoms with E-state index in [2.05, 4.69) is 34.6 Å². The molecule has 1 aliphatic heterocycles. The predicted molar refractivity (Wildman–Crippen MR) is 153 cm³/mol. The summed E-state index contributed by atoms with van der Waals surface area (Å²) in [5.74, 6) is -1.61. The van der Waals surface area contributed by atoms with Gasteiger partial charge in [0.1, 0.15) is 6.10 Å². The maximum atomic E-state index is 12.9. The van der Waals surface area contributed by atoms with Gasteiger partial charge in [-0.15, -0.1) is 0 Å². The van der Waals surface area contributed by atoms with Gasteiger partial charge in [0.05, 0.1) is 36.6 Å². The number of fused-ring (bicyclic) bond motifs is 7. The zero-order chi connectivity index (χ0) is 32.0. The van der Waals surface area contributed by atoms with E-state index in [-0.39, 0.29) is 65.8 Å². The molecule has 17 atom stereocenters. The van der Waals surface area contributed by atoms with Crippen LogP contribution in [-0.4, -0.2) is 78.1 Å². The molecular formula is C29H50NaO12PS. The Balaban J connectivity index is 0.00000442. The molecule has 12 nitrogen and oxygen atoms in total. The van der Waals surface area contributed by atoms with Gasteiger partial charge in [0.25, 0.3) is 7.82 Å². The van der Waals surface area contributed by atoms with Gasteiger partial charge >= 0.3 is 40.0 Å². The van der Waals surface area contributed by atoms with Crippen molar-refractivity contribution in [1.29, 1.82) is 0 Å². The fraction of sp³-hybridized carbons (Fsp3) is 1.00. The van der Waals surface area contributed by atoms with Crippen LogP contribution < -0.4 is 34.5 Å². The van der Waals surface area contributed by atoms with Crippen molar-refractivity contribution >= 4 is 18.2 Å². The molecule has 1 unspecified atom stereocenters. The largest absolute Gasteiger partial charge is 1.00 e. The molecule has 15 heteroatoms. The van der Waals surface area contributed by atoms with Crippen LogP contribution in [0.3, 0.4) is 0 Å². The van der Waals surface area contributed by atoms with Gasteiger partial charge in [-0.2, -0.15) is 8.42 Å². The Hall–Kier alpha value is 0.820. The molecule has 250 valence electrons. The fourth-order valence-electron chi connectivity index (χ4n) is 10.6. The first kappa shape index (κ1) is 37.6. The van der Waals surface area contributed by atoms with Gasteiger partial charge < -0.3 is 34.0 Å². The van der Waals surface area contributed by atoms with Crippen LogP contribution in [0.15, 0.2) is 0 Å². The summed E-state index contributed by atoms with van der Waals surface area (Å²) in [5.41, 5.74) is -1.23. The molecule has 5 rings (SSSR count). The smallest absolute Gasteiger partial charge is 0.756 e. The summed E-state index contributed by atoms with van der Waals surface area (Å²) in [7, 11) is -8.54. The molecular weight excluding hydrogens is 626 g/mol. The third-order valence-electron chi connectivity index (χ3n) is 12.8. The zero-order valence-corrected chi connectivity index (χ0v) is 30.8. The van der Waals surface area contributed by atoms with Gasteiger partial charge in [-0.1, -0.05) is 41.5 Å². The van der Waals surface area contributed by atoms with Crippen molar-refractivity contribution in [2.45, 2.75) is 116 Å². The average molecular weight is 677 g/mol. The zero-order valence-electron chi connectivity index (χ0n) is 27.1. The first-order valence-corrected chi connectivity index (χ1v) is 18.5. The molecule has 1 saturated heterocycles. The van der Waals surface area contributed by atoms with Crippen LogP contribution in [0.5, 0.6) is 0 Å². The van der Waals surface area contributed by atoms with E-state index in [1.165, 1.54) is 0 Å². The first-order valence-electron chi connectivity index (χ1n) is 15.7. The maximum Gasteiger partial charge on any atom is 1.00 e. The monoisotopic (exact) mass is 676 g/mol. The average Bonchev–Trinajstić information content (AvgIpc) is 3.15. The van der Waals surface area contributed by atoms with Crippen molar-refractivity contribution in [3.05, 3.63) is 0 Å². The molecule has 0 aromatic rings. The number of aliphatic hydroxyl groups is 3. The SMILES string of the molecule is COP(=O)([O-])O[C@@H]1[C@H]2O[C@@H]([C@@H](C)C(C)C)C[C@@H](C)[C@@H]2[C@@]2(C)CC[C@H]3[C@@H]([C@@H](O)[C@@H](O)[C@H]4[C@@H](O)[C@H](OS(=O)(=O)O)CC[C@@]43C)[C@H]12.[Na+]. The fourth-order valence-corrected chi connectivity index (χ4v) is 11.8. The summed E-state index contributed by atoms with van der Waals surface area (Å²) < 4.78 is 67.3. The molecule has 5 fully saturated rings. The molecule has 0 bridgehead atoms. The van der Waals surface area contributed by atoms with Crippen molar-refractivity contribution in [3.8, 4) is 0 Å². The Bertz CT molecular complexity index is 1210. The van der Waals surface area contributed by atoms with Gasteiger partial charge in [0.15, 0.2) is 0 Å². The Kier molecular flexibility index (Phi) is 11.1. The topological polar surface area (TPSA) is 192 Å². The van der Waals surface area contributed by atoms with Crippen LogP contribution in [0.4, 0.5) is 0 Å². The summed E-state index contributed by atoms with van der Waals surface area (Å²) in [6.07, 6.45) is -4.56. The van der Waals surface area contributed by atoms with Crippen LogP contribution in [0.1, 0.15) is 73.6 Å². The minimum absolute atomic E-state index is 0. The molecule has 5 aliphatic rings. The molecule has 4 aliphatic carbocycles. The molecule has 0 amide bonds. The summed E-state index contributed by atoms with van der Waals surface area (Å²) in [6, 6.07) is 0. The van der Waals surface area contributed by atoms with E-state index < -0.39 is 83.4 Å². The Morgan fingerprint density at radius 2 is 1.59 bits per heavy atom. The van der Waals surface area contributed by atoms with Gasteiger partial charge in [-0.05, 0) is 84.4 Å². The Morgan fingerprint density at radius 1 is 0.977 bits per heavy atom. The van der Waals surface area contributed by atoms with Crippen molar-refractivity contribution in [3.63, 3.8) is 0 Å². The van der Waals surface area contributed by atoms with Crippen molar-refractivity contribution < 1.29 is 85.3 Å². The Labute approximate surface area is 283 Å². The van der Waals surface area contributed by atoms with Gasteiger partial charge in [0.2, 0.25) is 0 Å². The van der Waals surface area contributed by atoms with E-state index in [0.29, 0.717) is 25.2 Å². The number of phosphoric acid groups is 1. The van der Waals surface area contributed by atoms with Crippen molar-refractivity contribution in [1.82, 2.24) is 0 Å². The van der Waals surface area contributed by atoms with Gasteiger partial charge in [0, 0.05) is 13.0 Å². The minimum atomic E-state index is -4.85. The predicted octanol–water partition coefficient (Wildman–Crippen LogP) is -0.445. The summed E-state index contributed by atoms with van der Waals surface area (Å²) in [6.45, 7) is 12.7. The molecule has 0 aromatic heterocycles. The van der Waals surface area contributed by atoms with Crippen molar-refractivity contribution in [2.24, 2.45) is 58.2 Å². The van der Waals surface area contributed by atoms with E-state index in [4.69, 9.17) is 18.0 Å².